The van der Waals surface area contributed by atoms with E-state index < -0.39 is 5.25 Å². The van der Waals surface area contributed by atoms with E-state index in [0.717, 1.165) is 12.2 Å². The van der Waals surface area contributed by atoms with Crippen molar-refractivity contribution in [2.24, 2.45) is 5.92 Å². The molecule has 0 radical (unpaired) electrons. The molecule has 3 aromatic rings. The monoisotopic (exact) mass is 463 g/mol. The Bertz CT molecular complexity index is 1120. The number of carbonyl (C=O) groups excluding carboxylic acids is 1. The summed E-state index contributed by atoms with van der Waals surface area (Å²) in [4.78, 5) is 12.8. The Hall–Kier alpha value is -3.31. The van der Waals surface area contributed by atoms with Gasteiger partial charge in [-0.3, -0.25) is 4.79 Å². The molecule has 3 rings (SSSR count). The lowest BCUT2D eigenvalue weighted by Crippen LogP contribution is -2.23. The Morgan fingerprint density at radius 3 is 2.55 bits per heavy atom. The number of aryl methyl sites for hydroxylation is 1. The Kier molecular flexibility index (Phi) is 8.50. The number of anilines is 1. The summed E-state index contributed by atoms with van der Waals surface area (Å²) in [5.41, 5.74) is 2.19. The number of para-hydroxylation sites is 1. The number of ether oxygens (including phenoxy) is 1. The SMILES string of the molecule is CCc1ccc(OCc2nnc(SC(C)C(=O)Nc3ccccc3C#N)n2CC(C)C)cc1. The van der Waals surface area contributed by atoms with Gasteiger partial charge in [-0.15, -0.1) is 10.2 Å². The van der Waals surface area contributed by atoms with Crippen molar-refractivity contribution in [1.29, 1.82) is 5.26 Å². The van der Waals surface area contributed by atoms with Crippen LogP contribution in [0, 0.1) is 17.2 Å². The summed E-state index contributed by atoms with van der Waals surface area (Å²) in [6.07, 6.45) is 0.984. The molecule has 0 aliphatic rings. The minimum Gasteiger partial charge on any atom is -0.486 e. The molecule has 0 saturated carbocycles. The van der Waals surface area contributed by atoms with Gasteiger partial charge in [0.05, 0.1) is 16.5 Å². The zero-order valence-electron chi connectivity index (χ0n) is 19.4. The van der Waals surface area contributed by atoms with Crippen LogP contribution < -0.4 is 10.1 Å². The first kappa shape index (κ1) is 24.3. The van der Waals surface area contributed by atoms with E-state index in [0.29, 0.717) is 41.3 Å². The molecule has 0 fully saturated rings. The van der Waals surface area contributed by atoms with Crippen molar-refractivity contribution in [3.63, 3.8) is 0 Å². The molecule has 0 aliphatic carbocycles. The minimum absolute atomic E-state index is 0.199. The maximum atomic E-state index is 12.8. The summed E-state index contributed by atoms with van der Waals surface area (Å²) in [7, 11) is 0. The molecular formula is C25H29N5O2S. The molecule has 0 saturated heterocycles. The molecule has 2 aromatic carbocycles. The van der Waals surface area contributed by atoms with Crippen LogP contribution in [0.1, 0.15) is 44.6 Å². The molecule has 7 nitrogen and oxygen atoms in total. The van der Waals surface area contributed by atoms with Gasteiger partial charge < -0.3 is 14.6 Å². The summed E-state index contributed by atoms with van der Waals surface area (Å²) >= 11 is 1.34. The molecule has 8 heteroatoms. The van der Waals surface area contributed by atoms with Crippen molar-refractivity contribution in [3.05, 3.63) is 65.5 Å². The van der Waals surface area contributed by atoms with Crippen molar-refractivity contribution >= 4 is 23.4 Å². The van der Waals surface area contributed by atoms with E-state index in [9.17, 15) is 10.1 Å². The third-order valence-electron chi connectivity index (χ3n) is 5.00. The molecule has 0 spiro atoms. The number of thioether (sulfide) groups is 1. The molecule has 1 amide bonds. The van der Waals surface area contributed by atoms with Crippen LogP contribution in [0.15, 0.2) is 53.7 Å². The van der Waals surface area contributed by atoms with Crippen LogP contribution in [0.25, 0.3) is 0 Å². The van der Waals surface area contributed by atoms with Crippen LogP contribution in [0.4, 0.5) is 5.69 Å². The topological polar surface area (TPSA) is 92.8 Å². The van der Waals surface area contributed by atoms with Crippen molar-refractivity contribution in [3.8, 4) is 11.8 Å². The second kappa shape index (κ2) is 11.5. The standard InChI is InChI=1S/C25H29N5O2S/c1-5-19-10-12-21(13-11-19)32-16-23-28-29-25(30(23)15-17(2)3)33-18(4)24(31)27-22-9-7-6-8-20(22)14-26/h6-13,17-18H,5,15-16H2,1-4H3,(H,27,31). The predicted molar refractivity (Wildman–Crippen MR) is 130 cm³/mol. The molecule has 1 aromatic heterocycles. The smallest absolute Gasteiger partial charge is 0.237 e. The fourth-order valence-electron chi connectivity index (χ4n) is 3.17. The van der Waals surface area contributed by atoms with Gasteiger partial charge in [-0.1, -0.05) is 56.8 Å². The molecule has 0 bridgehead atoms. The van der Waals surface area contributed by atoms with Gasteiger partial charge in [0.1, 0.15) is 18.4 Å². The van der Waals surface area contributed by atoms with Crippen LogP contribution in [0.2, 0.25) is 0 Å². The number of benzene rings is 2. The van der Waals surface area contributed by atoms with E-state index in [4.69, 9.17) is 4.74 Å². The van der Waals surface area contributed by atoms with Crippen molar-refractivity contribution in [2.75, 3.05) is 5.32 Å². The fourth-order valence-corrected chi connectivity index (χ4v) is 4.04. The summed E-state index contributed by atoms with van der Waals surface area (Å²) in [6.45, 7) is 9.19. The van der Waals surface area contributed by atoms with E-state index in [2.05, 4.69) is 54.5 Å². The summed E-state index contributed by atoms with van der Waals surface area (Å²) in [5, 5.41) is 21.0. The normalized spacial score (nSPS) is 11.8. The number of nitrogens with one attached hydrogen (secondary N) is 1. The van der Waals surface area contributed by atoms with Gasteiger partial charge in [0.2, 0.25) is 5.91 Å². The first-order chi connectivity index (χ1) is 15.9. The molecule has 1 atom stereocenters. The highest BCUT2D eigenvalue weighted by Crippen LogP contribution is 2.26. The number of nitrogens with zero attached hydrogens (tertiary/aromatic N) is 4. The third-order valence-corrected chi connectivity index (χ3v) is 6.08. The van der Waals surface area contributed by atoms with Gasteiger partial charge in [0, 0.05) is 6.54 Å². The van der Waals surface area contributed by atoms with E-state index in [1.807, 2.05) is 23.6 Å². The van der Waals surface area contributed by atoms with E-state index in [1.165, 1.54) is 17.3 Å². The van der Waals surface area contributed by atoms with Gasteiger partial charge in [0.25, 0.3) is 0 Å². The highest BCUT2D eigenvalue weighted by Gasteiger charge is 2.21. The highest BCUT2D eigenvalue weighted by molar-refractivity contribution is 8.00. The molecule has 1 unspecified atom stereocenters. The van der Waals surface area contributed by atoms with Crippen molar-refractivity contribution < 1.29 is 9.53 Å². The lowest BCUT2D eigenvalue weighted by Gasteiger charge is -2.16. The fraction of sp³-hybridized carbons (Fsp3) is 0.360. The minimum atomic E-state index is -0.429. The second-order valence-corrected chi connectivity index (χ2v) is 9.40. The number of aromatic nitrogens is 3. The second-order valence-electron chi connectivity index (χ2n) is 8.10. The van der Waals surface area contributed by atoms with E-state index in [-0.39, 0.29) is 5.91 Å². The van der Waals surface area contributed by atoms with E-state index >= 15 is 0 Å². The maximum Gasteiger partial charge on any atom is 0.237 e. The summed E-state index contributed by atoms with van der Waals surface area (Å²) in [6, 6.07) is 17.1. The van der Waals surface area contributed by atoms with Gasteiger partial charge in [0.15, 0.2) is 11.0 Å². The van der Waals surface area contributed by atoms with Crippen LogP contribution in [0.5, 0.6) is 5.75 Å². The zero-order valence-corrected chi connectivity index (χ0v) is 20.2. The molecule has 1 N–H and O–H groups in total. The Morgan fingerprint density at radius 2 is 1.88 bits per heavy atom. The van der Waals surface area contributed by atoms with Crippen molar-refractivity contribution in [1.82, 2.24) is 14.8 Å². The van der Waals surface area contributed by atoms with Gasteiger partial charge >= 0.3 is 0 Å². The number of hydrogen-bond acceptors (Lipinski definition) is 6. The Labute approximate surface area is 199 Å². The van der Waals surface area contributed by atoms with Gasteiger partial charge in [-0.05, 0) is 49.1 Å². The van der Waals surface area contributed by atoms with Crippen LogP contribution >= 0.6 is 11.8 Å². The van der Waals surface area contributed by atoms with Crippen LogP contribution in [-0.4, -0.2) is 25.9 Å². The van der Waals surface area contributed by atoms with Crippen LogP contribution in [-0.2, 0) is 24.4 Å². The average molecular weight is 464 g/mol. The first-order valence-electron chi connectivity index (χ1n) is 11.0. The largest absolute Gasteiger partial charge is 0.486 e. The molecule has 33 heavy (non-hydrogen) atoms. The quantitative estimate of drug-likeness (QED) is 0.422. The summed E-state index contributed by atoms with van der Waals surface area (Å²) < 4.78 is 7.96. The zero-order chi connectivity index (χ0) is 23.8. The molecule has 0 aliphatic heterocycles. The third kappa shape index (κ3) is 6.59. The van der Waals surface area contributed by atoms with Gasteiger partial charge in [-0.25, -0.2) is 0 Å². The van der Waals surface area contributed by atoms with Crippen molar-refractivity contribution in [2.45, 2.75) is 57.7 Å². The number of rotatable bonds is 10. The molecule has 1 heterocycles. The highest BCUT2D eigenvalue weighted by atomic mass is 32.2. The number of carbonyl (C=O) groups is 1. The average Bonchev–Trinajstić information content (AvgIpc) is 3.18. The number of nitriles is 1. The Morgan fingerprint density at radius 1 is 1.15 bits per heavy atom. The Balaban J connectivity index is 1.70. The molecule has 172 valence electrons. The lowest BCUT2D eigenvalue weighted by atomic mass is 10.2. The number of hydrogen-bond donors (Lipinski definition) is 1. The number of amides is 1. The maximum absolute atomic E-state index is 12.8. The summed E-state index contributed by atoms with van der Waals surface area (Å²) in [5.74, 6) is 1.67. The van der Waals surface area contributed by atoms with E-state index in [1.54, 1.807) is 24.3 Å². The molecular weight excluding hydrogens is 434 g/mol. The van der Waals surface area contributed by atoms with Gasteiger partial charge in [-0.2, -0.15) is 5.26 Å². The lowest BCUT2D eigenvalue weighted by molar-refractivity contribution is -0.115. The van der Waals surface area contributed by atoms with Crippen LogP contribution in [0.3, 0.4) is 0 Å². The first-order valence-corrected chi connectivity index (χ1v) is 11.9. The predicted octanol–water partition coefficient (Wildman–Crippen LogP) is 5.07.